The summed E-state index contributed by atoms with van der Waals surface area (Å²) >= 11 is 9.35. The van der Waals surface area contributed by atoms with Crippen molar-refractivity contribution in [3.63, 3.8) is 0 Å². The minimum absolute atomic E-state index is 0.0977. The molecule has 34 heavy (non-hydrogen) atoms. The van der Waals surface area contributed by atoms with Crippen molar-refractivity contribution in [2.24, 2.45) is 11.6 Å². The zero-order valence-corrected chi connectivity index (χ0v) is 22.5. The number of hydrogen-bond acceptors (Lipinski definition) is 7. The molecule has 0 amide bonds. The van der Waals surface area contributed by atoms with Crippen molar-refractivity contribution in [3.8, 4) is 11.5 Å². The fourth-order valence-corrected chi connectivity index (χ4v) is 3.97. The number of hydrogen-bond donors (Lipinski definition) is 3. The topological polar surface area (TPSA) is 94.0 Å². The van der Waals surface area contributed by atoms with Crippen LogP contribution in [-0.2, 0) is 5.41 Å². The van der Waals surface area contributed by atoms with E-state index in [4.69, 9.17) is 32.7 Å². The summed E-state index contributed by atoms with van der Waals surface area (Å²) in [4.78, 5) is 0. The average Bonchev–Trinajstić information content (AvgIpc) is 2.81. The van der Waals surface area contributed by atoms with E-state index < -0.39 is 6.10 Å². The molecule has 0 aliphatic carbocycles. The number of halogens is 3. The van der Waals surface area contributed by atoms with Gasteiger partial charge in [-0.1, -0.05) is 32.0 Å². The molecule has 1 unspecified atom stereocenters. The van der Waals surface area contributed by atoms with E-state index in [1.54, 1.807) is 0 Å². The first-order valence-corrected chi connectivity index (χ1v) is 13.0. The first kappa shape index (κ1) is 28.6. The minimum Gasteiger partial charge on any atom is -0.494 e. The SMILES string of the molecule is CC(C)(c1ccc(OCCCN(N)/C=C(\N)CSF)cc1)c1ccc(OCC(O)CCl)c(Br)c1. The molecule has 0 aliphatic heterocycles. The monoisotopic (exact) mass is 575 g/mol. The van der Waals surface area contributed by atoms with E-state index in [1.807, 2.05) is 30.3 Å². The molecule has 0 heterocycles. The normalized spacial score (nSPS) is 13.0. The largest absolute Gasteiger partial charge is 0.494 e. The average molecular weight is 577 g/mol. The highest BCUT2D eigenvalue weighted by Crippen LogP contribution is 2.36. The van der Waals surface area contributed by atoms with Crippen molar-refractivity contribution < 1.29 is 18.5 Å². The molecular weight excluding hydrogens is 545 g/mol. The summed E-state index contributed by atoms with van der Waals surface area (Å²) in [5.74, 6) is 7.48. The number of nitrogens with zero attached hydrogens (tertiary/aromatic N) is 1. The quantitative estimate of drug-likeness (QED) is 0.124. The first-order valence-electron chi connectivity index (χ1n) is 10.8. The molecule has 2 aromatic rings. The zero-order chi connectivity index (χ0) is 25.1. The van der Waals surface area contributed by atoms with Gasteiger partial charge < -0.3 is 25.3 Å². The molecule has 1 atom stereocenters. The number of aliphatic hydroxyl groups excluding tert-OH is 1. The Balaban J connectivity index is 1.93. The second kappa shape index (κ2) is 14.0. The van der Waals surface area contributed by atoms with Crippen LogP contribution >= 0.6 is 39.7 Å². The van der Waals surface area contributed by atoms with Crippen LogP contribution in [0.1, 0.15) is 31.4 Å². The third-order valence-corrected chi connectivity index (χ3v) is 6.64. The molecule has 5 N–H and O–H groups in total. The van der Waals surface area contributed by atoms with Crippen molar-refractivity contribution in [2.45, 2.75) is 31.8 Å². The number of rotatable bonds is 14. The first-order chi connectivity index (χ1) is 16.2. The van der Waals surface area contributed by atoms with Crippen LogP contribution in [0, 0.1) is 0 Å². The maximum Gasteiger partial charge on any atom is 0.133 e. The number of alkyl halides is 1. The molecule has 0 fully saturated rings. The number of aliphatic hydroxyl groups is 1. The summed E-state index contributed by atoms with van der Waals surface area (Å²) in [5, 5.41) is 11.0. The summed E-state index contributed by atoms with van der Waals surface area (Å²) in [5.41, 5.74) is 8.02. The fraction of sp³-hybridized carbons (Fsp3) is 0.417. The van der Waals surface area contributed by atoms with E-state index in [9.17, 15) is 8.99 Å². The lowest BCUT2D eigenvalue weighted by Crippen LogP contribution is -2.28. The minimum atomic E-state index is -0.707. The van der Waals surface area contributed by atoms with Gasteiger partial charge in [-0.2, -0.15) is 3.89 Å². The van der Waals surface area contributed by atoms with Gasteiger partial charge in [0.05, 0.1) is 34.9 Å². The van der Waals surface area contributed by atoms with Crippen molar-refractivity contribution in [1.29, 1.82) is 0 Å². The maximum atomic E-state index is 12.2. The summed E-state index contributed by atoms with van der Waals surface area (Å²) in [6.45, 7) is 5.48. The molecule has 188 valence electrons. The highest BCUT2D eigenvalue weighted by atomic mass is 79.9. The van der Waals surface area contributed by atoms with Crippen molar-refractivity contribution >= 4 is 39.7 Å². The molecule has 0 radical (unpaired) electrons. The Morgan fingerprint density at radius 2 is 1.91 bits per heavy atom. The molecule has 0 saturated heterocycles. The number of hydrazine groups is 1. The molecule has 0 aromatic heterocycles. The van der Waals surface area contributed by atoms with Gasteiger partial charge in [-0.25, -0.2) is 5.84 Å². The van der Waals surface area contributed by atoms with Crippen LogP contribution < -0.4 is 21.1 Å². The number of benzene rings is 2. The van der Waals surface area contributed by atoms with Gasteiger partial charge in [-0.3, -0.25) is 0 Å². The van der Waals surface area contributed by atoms with Crippen molar-refractivity contribution in [2.75, 3.05) is 31.4 Å². The van der Waals surface area contributed by atoms with E-state index in [2.05, 4.69) is 41.9 Å². The Labute approximate surface area is 218 Å². The van der Waals surface area contributed by atoms with Crippen molar-refractivity contribution in [1.82, 2.24) is 5.01 Å². The van der Waals surface area contributed by atoms with Crippen LogP contribution in [0.3, 0.4) is 0 Å². The highest BCUT2D eigenvalue weighted by molar-refractivity contribution is 9.10. The molecular formula is C24H32BrClFN3O3S. The van der Waals surface area contributed by atoms with E-state index in [0.29, 0.717) is 31.0 Å². The fourth-order valence-electron chi connectivity index (χ4n) is 3.19. The molecule has 0 saturated carbocycles. The lowest BCUT2D eigenvalue weighted by atomic mass is 9.78. The third kappa shape index (κ3) is 8.85. The Bertz CT molecular complexity index is 934. The van der Waals surface area contributed by atoms with E-state index in [0.717, 1.165) is 21.3 Å². The molecule has 10 heteroatoms. The van der Waals surface area contributed by atoms with Gasteiger partial charge in [0, 0.05) is 30.3 Å². The highest BCUT2D eigenvalue weighted by Gasteiger charge is 2.24. The predicted octanol–water partition coefficient (Wildman–Crippen LogP) is 5.12. The summed E-state index contributed by atoms with van der Waals surface area (Å²) in [6.07, 6.45) is 1.52. The summed E-state index contributed by atoms with van der Waals surface area (Å²) in [7, 11) is 0. The zero-order valence-electron chi connectivity index (χ0n) is 19.3. The summed E-state index contributed by atoms with van der Waals surface area (Å²) < 4.78 is 24.5. The van der Waals surface area contributed by atoms with Gasteiger partial charge in [-0.05, 0) is 51.3 Å². The Morgan fingerprint density at radius 1 is 1.24 bits per heavy atom. The predicted molar refractivity (Wildman–Crippen MR) is 142 cm³/mol. The van der Waals surface area contributed by atoms with Crippen LogP contribution in [0.2, 0.25) is 0 Å². The van der Waals surface area contributed by atoms with Crippen LogP contribution in [0.25, 0.3) is 0 Å². The lowest BCUT2D eigenvalue weighted by Gasteiger charge is -2.27. The van der Waals surface area contributed by atoms with Crippen molar-refractivity contribution in [3.05, 3.63) is 70.0 Å². The molecule has 2 aromatic carbocycles. The number of nitrogens with two attached hydrogens (primary N) is 2. The number of ether oxygens (including phenoxy) is 2. The second-order valence-electron chi connectivity index (χ2n) is 8.31. The van der Waals surface area contributed by atoms with E-state index in [1.165, 1.54) is 11.2 Å². The van der Waals surface area contributed by atoms with Gasteiger partial charge >= 0.3 is 0 Å². The maximum absolute atomic E-state index is 12.2. The third-order valence-electron chi connectivity index (χ3n) is 5.22. The smallest absolute Gasteiger partial charge is 0.133 e. The van der Waals surface area contributed by atoms with Gasteiger partial charge in [0.25, 0.3) is 0 Å². The van der Waals surface area contributed by atoms with E-state index >= 15 is 0 Å². The van der Waals surface area contributed by atoms with Gasteiger partial charge in [-0.15, -0.1) is 11.6 Å². The van der Waals surface area contributed by atoms with Gasteiger partial charge in [0.1, 0.15) is 24.2 Å². The molecule has 2 rings (SSSR count). The Kier molecular flexibility index (Phi) is 11.8. The lowest BCUT2D eigenvalue weighted by molar-refractivity contribution is 0.125. The molecule has 6 nitrogen and oxygen atoms in total. The standard InChI is InChI=1S/C24H32BrClFN3O3S/c1-24(2,18-6-9-23(22(25)12-18)33-15-20(31)13-26)17-4-7-21(8-5-17)32-11-3-10-30(29)14-19(28)16-34-27/h4-9,12,14,20,31H,3,10-11,13,15-16,28-29H2,1-2H3/b19-14-. The summed E-state index contributed by atoms with van der Waals surface area (Å²) in [6, 6.07) is 13.9. The second-order valence-corrected chi connectivity index (χ2v) is 9.98. The molecule has 0 aliphatic rings. The van der Waals surface area contributed by atoms with Crippen LogP contribution in [-0.4, -0.2) is 47.6 Å². The van der Waals surface area contributed by atoms with Gasteiger partial charge in [0.2, 0.25) is 0 Å². The Hall–Kier alpha value is -1.65. The van der Waals surface area contributed by atoms with Crippen LogP contribution in [0.4, 0.5) is 3.89 Å². The Morgan fingerprint density at radius 3 is 2.53 bits per heavy atom. The van der Waals surface area contributed by atoms with Gasteiger partial charge in [0.15, 0.2) is 0 Å². The van der Waals surface area contributed by atoms with Crippen LogP contribution in [0.15, 0.2) is 58.8 Å². The molecule has 0 spiro atoms. The van der Waals surface area contributed by atoms with Crippen LogP contribution in [0.5, 0.6) is 11.5 Å². The molecule has 0 bridgehead atoms. The van der Waals surface area contributed by atoms with E-state index in [-0.39, 0.29) is 35.8 Å².